The average Bonchev–Trinajstić information content (AvgIpc) is 2.64. The maximum absolute atomic E-state index is 4.50. The van der Waals surface area contributed by atoms with Crippen LogP contribution in [0.1, 0.15) is 18.9 Å². The van der Waals surface area contributed by atoms with E-state index in [1.807, 2.05) is 11.8 Å². The maximum Gasteiger partial charge on any atom is 0.161 e. The predicted molar refractivity (Wildman–Crippen MR) is 76.5 cm³/mol. The molecule has 86 valence electrons. The lowest BCUT2D eigenvalue weighted by molar-refractivity contribution is 0.843. The molecular weight excluding hydrogens is 284 g/mol. The van der Waals surface area contributed by atoms with Crippen LogP contribution in [-0.2, 0) is 0 Å². The molecular formula is C12H15BrN2S. The van der Waals surface area contributed by atoms with Crippen LogP contribution in [0.25, 0.3) is 0 Å². The van der Waals surface area contributed by atoms with Crippen molar-refractivity contribution in [2.45, 2.75) is 25.5 Å². The third kappa shape index (κ3) is 3.01. The minimum Gasteiger partial charge on any atom is -0.335 e. The summed E-state index contributed by atoms with van der Waals surface area (Å²) in [5.74, 6) is 0. The molecule has 1 heterocycles. The van der Waals surface area contributed by atoms with E-state index in [1.165, 1.54) is 12.0 Å². The lowest BCUT2D eigenvalue weighted by Crippen LogP contribution is -2.07. The molecule has 1 aliphatic rings. The second kappa shape index (κ2) is 5.23. The summed E-state index contributed by atoms with van der Waals surface area (Å²) >= 11 is 5.34. The van der Waals surface area contributed by atoms with Crippen molar-refractivity contribution >= 4 is 38.5 Å². The largest absolute Gasteiger partial charge is 0.335 e. The fourth-order valence-electron chi connectivity index (χ4n) is 1.63. The van der Waals surface area contributed by atoms with Gasteiger partial charge in [0.1, 0.15) is 0 Å². The summed E-state index contributed by atoms with van der Waals surface area (Å²) in [5, 5.41) is 5.06. The lowest BCUT2D eigenvalue weighted by atomic mass is 10.2. The van der Waals surface area contributed by atoms with Crippen molar-refractivity contribution < 1.29 is 0 Å². The molecule has 2 nitrogen and oxygen atoms in total. The molecule has 2 rings (SSSR count). The first kappa shape index (κ1) is 12.0. The fourth-order valence-corrected chi connectivity index (χ4v) is 3.20. The molecule has 0 saturated heterocycles. The third-order valence-electron chi connectivity index (χ3n) is 2.47. The standard InChI is InChI=1S/C12H15BrN2S/c1-3-11-7-14-12(16-11)15-10-5-8(2)4-9(13)6-10/h4-6,11H,3,7H2,1-2H3,(H,14,15). The number of nitrogens with one attached hydrogen (secondary N) is 1. The molecule has 1 unspecified atom stereocenters. The van der Waals surface area contributed by atoms with E-state index in [9.17, 15) is 0 Å². The number of aliphatic imine (C=N–C) groups is 1. The zero-order valence-electron chi connectivity index (χ0n) is 9.46. The monoisotopic (exact) mass is 298 g/mol. The van der Waals surface area contributed by atoms with Crippen molar-refractivity contribution in [3.05, 3.63) is 28.2 Å². The number of rotatable bonds is 2. The Balaban J connectivity index is 2.05. The van der Waals surface area contributed by atoms with Gasteiger partial charge >= 0.3 is 0 Å². The van der Waals surface area contributed by atoms with Crippen molar-refractivity contribution in [3.63, 3.8) is 0 Å². The second-order valence-corrected chi connectivity index (χ2v) is 6.14. The first-order chi connectivity index (χ1) is 7.67. The Kier molecular flexibility index (Phi) is 3.92. The van der Waals surface area contributed by atoms with Gasteiger partial charge in [-0.15, -0.1) is 0 Å². The van der Waals surface area contributed by atoms with E-state index in [-0.39, 0.29) is 0 Å². The van der Waals surface area contributed by atoms with Crippen molar-refractivity contribution in [3.8, 4) is 0 Å². The number of anilines is 1. The van der Waals surface area contributed by atoms with Gasteiger partial charge in [0.05, 0.1) is 6.54 Å². The predicted octanol–water partition coefficient (Wildman–Crippen LogP) is 4.05. The number of nitrogens with zero attached hydrogens (tertiary/aromatic N) is 1. The summed E-state index contributed by atoms with van der Waals surface area (Å²) < 4.78 is 1.10. The molecule has 0 spiro atoms. The van der Waals surface area contributed by atoms with E-state index in [4.69, 9.17) is 0 Å². The van der Waals surface area contributed by atoms with E-state index in [2.05, 4.69) is 58.3 Å². The molecule has 0 aliphatic carbocycles. The van der Waals surface area contributed by atoms with Crippen LogP contribution in [0.2, 0.25) is 0 Å². The van der Waals surface area contributed by atoms with Gasteiger partial charge in [-0.25, -0.2) is 0 Å². The first-order valence-corrected chi connectivity index (χ1v) is 7.10. The average molecular weight is 299 g/mol. The van der Waals surface area contributed by atoms with E-state index >= 15 is 0 Å². The quantitative estimate of drug-likeness (QED) is 0.891. The van der Waals surface area contributed by atoms with Gasteiger partial charge in [-0.05, 0) is 37.1 Å². The Labute approximate surface area is 109 Å². The second-order valence-electron chi connectivity index (χ2n) is 3.94. The fraction of sp³-hybridized carbons (Fsp3) is 0.417. The molecule has 4 heteroatoms. The summed E-state index contributed by atoms with van der Waals surface area (Å²) in [6.45, 7) is 5.24. The van der Waals surface area contributed by atoms with E-state index in [1.54, 1.807) is 0 Å². The summed E-state index contributed by atoms with van der Waals surface area (Å²) in [4.78, 5) is 4.50. The zero-order valence-corrected chi connectivity index (χ0v) is 11.9. The molecule has 0 bridgehead atoms. The van der Waals surface area contributed by atoms with Crippen molar-refractivity contribution in [2.24, 2.45) is 4.99 Å². The summed E-state index contributed by atoms with van der Waals surface area (Å²) in [5.41, 5.74) is 2.35. The summed E-state index contributed by atoms with van der Waals surface area (Å²) in [7, 11) is 0. The topological polar surface area (TPSA) is 24.4 Å². The van der Waals surface area contributed by atoms with Gasteiger partial charge in [-0.3, -0.25) is 4.99 Å². The number of thioether (sulfide) groups is 1. The van der Waals surface area contributed by atoms with Gasteiger partial charge < -0.3 is 5.32 Å². The van der Waals surface area contributed by atoms with Gasteiger partial charge in [0.2, 0.25) is 0 Å². The van der Waals surface area contributed by atoms with E-state index in [0.29, 0.717) is 5.25 Å². The van der Waals surface area contributed by atoms with Crippen molar-refractivity contribution in [2.75, 3.05) is 11.9 Å². The van der Waals surface area contributed by atoms with Gasteiger partial charge in [0.15, 0.2) is 5.17 Å². The molecule has 1 N–H and O–H groups in total. The SMILES string of the molecule is CCC1CN=C(Nc2cc(C)cc(Br)c2)S1. The van der Waals surface area contributed by atoms with E-state index < -0.39 is 0 Å². The van der Waals surface area contributed by atoms with Crippen LogP contribution in [0.4, 0.5) is 5.69 Å². The van der Waals surface area contributed by atoms with E-state index in [0.717, 1.165) is 21.9 Å². The number of halogens is 1. The molecule has 1 aromatic carbocycles. The van der Waals surface area contributed by atoms with Gasteiger partial charge in [0, 0.05) is 15.4 Å². The Morgan fingerprint density at radius 2 is 2.31 bits per heavy atom. The van der Waals surface area contributed by atoms with Crippen LogP contribution in [-0.4, -0.2) is 17.0 Å². The molecule has 0 amide bonds. The lowest BCUT2D eigenvalue weighted by Gasteiger charge is -2.08. The van der Waals surface area contributed by atoms with Gasteiger partial charge in [-0.1, -0.05) is 34.6 Å². The molecule has 0 fully saturated rings. The number of hydrogen-bond donors (Lipinski definition) is 1. The highest BCUT2D eigenvalue weighted by molar-refractivity contribution is 9.10. The van der Waals surface area contributed by atoms with Crippen molar-refractivity contribution in [1.82, 2.24) is 0 Å². The van der Waals surface area contributed by atoms with Crippen LogP contribution in [0.5, 0.6) is 0 Å². The molecule has 1 aromatic rings. The minimum absolute atomic E-state index is 0.649. The number of hydrogen-bond acceptors (Lipinski definition) is 3. The highest BCUT2D eigenvalue weighted by atomic mass is 79.9. The van der Waals surface area contributed by atoms with Gasteiger partial charge in [0.25, 0.3) is 0 Å². The molecule has 1 atom stereocenters. The van der Waals surface area contributed by atoms with Crippen LogP contribution in [0.15, 0.2) is 27.7 Å². The first-order valence-electron chi connectivity index (χ1n) is 5.42. The maximum atomic E-state index is 4.50. The molecule has 0 aromatic heterocycles. The Morgan fingerprint density at radius 3 is 2.94 bits per heavy atom. The molecule has 0 saturated carbocycles. The number of amidine groups is 1. The van der Waals surface area contributed by atoms with Crippen LogP contribution in [0, 0.1) is 6.92 Å². The van der Waals surface area contributed by atoms with Gasteiger partial charge in [-0.2, -0.15) is 0 Å². The molecule has 16 heavy (non-hydrogen) atoms. The number of aryl methyl sites for hydroxylation is 1. The van der Waals surface area contributed by atoms with Crippen LogP contribution >= 0.6 is 27.7 Å². The highest BCUT2D eigenvalue weighted by Gasteiger charge is 2.17. The Bertz CT molecular complexity index is 397. The zero-order chi connectivity index (χ0) is 11.5. The highest BCUT2D eigenvalue weighted by Crippen LogP contribution is 2.26. The van der Waals surface area contributed by atoms with Crippen LogP contribution < -0.4 is 5.32 Å². The molecule has 1 aliphatic heterocycles. The number of benzene rings is 1. The molecule has 0 radical (unpaired) electrons. The Hall–Kier alpha value is -0.480. The minimum atomic E-state index is 0.649. The summed E-state index contributed by atoms with van der Waals surface area (Å²) in [6.07, 6.45) is 1.18. The smallest absolute Gasteiger partial charge is 0.161 e. The normalized spacial score (nSPS) is 19.7. The summed E-state index contributed by atoms with van der Waals surface area (Å²) in [6, 6.07) is 6.31. The Morgan fingerprint density at radius 1 is 1.50 bits per heavy atom. The van der Waals surface area contributed by atoms with Crippen molar-refractivity contribution in [1.29, 1.82) is 0 Å². The van der Waals surface area contributed by atoms with Crippen LogP contribution in [0.3, 0.4) is 0 Å². The third-order valence-corrected chi connectivity index (χ3v) is 4.19.